The van der Waals surface area contributed by atoms with Crippen LogP contribution in [0.3, 0.4) is 0 Å². The van der Waals surface area contributed by atoms with E-state index in [9.17, 15) is 17.2 Å². The summed E-state index contributed by atoms with van der Waals surface area (Å²) in [5, 5.41) is 4.21. The topological polar surface area (TPSA) is 54.3 Å². The Kier molecular flexibility index (Phi) is 4.43. The molecular formula is C21H18ClF2N3O2S. The van der Waals surface area contributed by atoms with E-state index >= 15 is 0 Å². The Morgan fingerprint density at radius 2 is 1.80 bits per heavy atom. The van der Waals surface area contributed by atoms with Gasteiger partial charge in [-0.25, -0.2) is 17.2 Å². The van der Waals surface area contributed by atoms with Gasteiger partial charge in [-0.2, -0.15) is 4.31 Å². The summed E-state index contributed by atoms with van der Waals surface area (Å²) in [6.45, 7) is 0.360. The van der Waals surface area contributed by atoms with Crippen LogP contribution in [0.25, 0.3) is 5.69 Å². The first-order valence-electron chi connectivity index (χ1n) is 9.51. The van der Waals surface area contributed by atoms with Crippen molar-refractivity contribution in [3.63, 3.8) is 0 Å². The Morgan fingerprint density at radius 3 is 2.57 bits per heavy atom. The first-order chi connectivity index (χ1) is 14.3. The number of sulfonamides is 1. The van der Waals surface area contributed by atoms with Crippen LogP contribution in [-0.4, -0.2) is 30.4 Å². The van der Waals surface area contributed by atoms with Crippen molar-refractivity contribution in [3.8, 4) is 5.69 Å². The van der Waals surface area contributed by atoms with E-state index in [-0.39, 0.29) is 13.1 Å². The van der Waals surface area contributed by atoms with Crippen molar-refractivity contribution in [1.82, 2.24) is 8.87 Å². The van der Waals surface area contributed by atoms with Gasteiger partial charge in [-0.1, -0.05) is 11.6 Å². The van der Waals surface area contributed by atoms with Gasteiger partial charge in [0, 0.05) is 30.0 Å². The minimum atomic E-state index is -4.13. The number of nitrogens with one attached hydrogen (secondary N) is 1. The predicted octanol–water partition coefficient (Wildman–Crippen LogP) is 4.51. The van der Waals surface area contributed by atoms with Crippen molar-refractivity contribution < 1.29 is 17.2 Å². The van der Waals surface area contributed by atoms with Crippen molar-refractivity contribution in [2.75, 3.05) is 18.4 Å². The van der Waals surface area contributed by atoms with E-state index in [4.69, 9.17) is 11.6 Å². The van der Waals surface area contributed by atoms with Crippen LogP contribution in [0.2, 0.25) is 5.02 Å². The molecule has 5 nitrogen and oxygen atoms in total. The van der Waals surface area contributed by atoms with E-state index in [2.05, 4.69) is 9.88 Å². The lowest BCUT2D eigenvalue weighted by Gasteiger charge is -2.45. The number of fused-ring (bicyclic) bond motifs is 4. The van der Waals surface area contributed by atoms with Gasteiger partial charge in [-0.15, -0.1) is 0 Å². The second-order valence-electron chi connectivity index (χ2n) is 7.61. The molecule has 1 saturated heterocycles. The van der Waals surface area contributed by atoms with Gasteiger partial charge in [-0.3, -0.25) is 0 Å². The molecule has 1 fully saturated rings. The molecule has 9 heteroatoms. The third-order valence-corrected chi connectivity index (χ3v) is 8.07. The number of nitrogens with zero attached hydrogens (tertiary/aromatic N) is 2. The lowest BCUT2D eigenvalue weighted by molar-refractivity contribution is 0.247. The summed E-state index contributed by atoms with van der Waals surface area (Å²) >= 11 is 6.17. The maximum Gasteiger partial charge on any atom is 0.246 e. The highest BCUT2D eigenvalue weighted by molar-refractivity contribution is 7.89. The van der Waals surface area contributed by atoms with Crippen LogP contribution in [0.1, 0.15) is 18.5 Å². The van der Waals surface area contributed by atoms with Crippen LogP contribution in [-0.2, 0) is 15.6 Å². The number of halogens is 3. The molecule has 0 unspecified atom stereocenters. The molecule has 2 aromatic carbocycles. The number of hydrogen-bond donors (Lipinski definition) is 1. The van der Waals surface area contributed by atoms with Crippen LogP contribution < -0.4 is 5.32 Å². The zero-order valence-corrected chi connectivity index (χ0v) is 17.4. The van der Waals surface area contributed by atoms with Crippen molar-refractivity contribution in [2.24, 2.45) is 0 Å². The molecule has 0 bridgehead atoms. The monoisotopic (exact) mass is 449 g/mol. The maximum atomic E-state index is 14.1. The fraction of sp³-hybridized carbons (Fsp3) is 0.238. The van der Waals surface area contributed by atoms with Gasteiger partial charge in [0.1, 0.15) is 16.5 Å². The first-order valence-corrected chi connectivity index (χ1v) is 11.3. The summed E-state index contributed by atoms with van der Waals surface area (Å²) in [5.74, 6) is -1.74. The quantitative estimate of drug-likeness (QED) is 0.626. The van der Waals surface area contributed by atoms with Gasteiger partial charge >= 0.3 is 0 Å². The van der Waals surface area contributed by atoms with Gasteiger partial charge in [-0.05, 0) is 61.4 Å². The summed E-state index contributed by atoms with van der Waals surface area (Å²) in [7, 11) is -4.13. The number of piperidine rings is 1. The van der Waals surface area contributed by atoms with Gasteiger partial charge in [0.2, 0.25) is 10.0 Å². The SMILES string of the molecule is O=S(=O)(c1cc(F)ccc1F)N1CCC2(CC1)Nc1ccc(Cl)cc1-n1cccc12. The molecule has 2 aliphatic heterocycles. The lowest BCUT2D eigenvalue weighted by atomic mass is 9.83. The summed E-state index contributed by atoms with van der Waals surface area (Å²) in [4.78, 5) is -0.626. The van der Waals surface area contributed by atoms with Gasteiger partial charge < -0.3 is 9.88 Å². The van der Waals surface area contributed by atoms with Crippen molar-refractivity contribution in [2.45, 2.75) is 23.3 Å². The van der Waals surface area contributed by atoms with E-state index in [1.807, 2.05) is 36.5 Å². The lowest BCUT2D eigenvalue weighted by Crippen LogP contribution is -2.51. The van der Waals surface area contributed by atoms with Crippen molar-refractivity contribution in [1.29, 1.82) is 0 Å². The zero-order valence-electron chi connectivity index (χ0n) is 15.8. The van der Waals surface area contributed by atoms with E-state index < -0.39 is 32.1 Å². The Hall–Kier alpha value is -2.42. The van der Waals surface area contributed by atoms with Crippen molar-refractivity contribution in [3.05, 3.63) is 77.1 Å². The normalized spacial score (nSPS) is 18.0. The molecule has 2 aliphatic rings. The molecule has 156 valence electrons. The fourth-order valence-electron chi connectivity index (χ4n) is 4.42. The summed E-state index contributed by atoms with van der Waals surface area (Å²) in [6.07, 6.45) is 2.92. The van der Waals surface area contributed by atoms with Crippen LogP contribution in [0, 0.1) is 11.6 Å². The highest BCUT2D eigenvalue weighted by Crippen LogP contribution is 2.44. The fourth-order valence-corrected chi connectivity index (χ4v) is 6.10. The standard InChI is InChI=1S/C21H18ClF2N3O2S/c22-14-3-6-17-18(12-14)27-9-1-2-20(27)21(25-17)7-10-26(11-8-21)30(28,29)19-13-15(23)4-5-16(19)24/h1-6,9,12-13,25H,7-8,10-11H2. The van der Waals surface area contributed by atoms with E-state index in [0.29, 0.717) is 17.9 Å². The van der Waals surface area contributed by atoms with E-state index in [1.54, 1.807) is 0 Å². The molecule has 0 saturated carbocycles. The van der Waals surface area contributed by atoms with Crippen LogP contribution >= 0.6 is 11.6 Å². The molecule has 1 aromatic heterocycles. The molecule has 0 radical (unpaired) electrons. The molecule has 3 aromatic rings. The second kappa shape index (κ2) is 6.80. The molecule has 5 rings (SSSR count). The second-order valence-corrected chi connectivity index (χ2v) is 9.95. The number of hydrogen-bond acceptors (Lipinski definition) is 3. The van der Waals surface area contributed by atoms with Gasteiger partial charge in [0.05, 0.1) is 16.9 Å². The number of anilines is 1. The van der Waals surface area contributed by atoms with Crippen LogP contribution in [0.15, 0.2) is 59.6 Å². The van der Waals surface area contributed by atoms with E-state index in [0.717, 1.165) is 35.3 Å². The number of aromatic nitrogens is 1. The molecule has 1 N–H and O–H groups in total. The zero-order chi connectivity index (χ0) is 21.1. The molecular weight excluding hydrogens is 432 g/mol. The minimum absolute atomic E-state index is 0.180. The Morgan fingerprint density at radius 1 is 1.03 bits per heavy atom. The maximum absolute atomic E-state index is 14.1. The minimum Gasteiger partial charge on any atom is -0.372 e. The third-order valence-electron chi connectivity index (χ3n) is 5.92. The average Bonchev–Trinajstić information content (AvgIpc) is 3.22. The number of benzene rings is 2. The molecule has 0 aliphatic carbocycles. The van der Waals surface area contributed by atoms with Crippen LogP contribution in [0.5, 0.6) is 0 Å². The smallest absolute Gasteiger partial charge is 0.246 e. The Bertz CT molecular complexity index is 1250. The first kappa shape index (κ1) is 19.5. The Balaban J connectivity index is 1.46. The molecule has 0 amide bonds. The predicted molar refractivity (Wildman–Crippen MR) is 110 cm³/mol. The average molecular weight is 450 g/mol. The highest BCUT2D eigenvalue weighted by Gasteiger charge is 2.44. The third kappa shape index (κ3) is 2.93. The highest BCUT2D eigenvalue weighted by atomic mass is 35.5. The summed E-state index contributed by atoms with van der Waals surface area (Å²) in [6, 6.07) is 12.0. The van der Waals surface area contributed by atoms with Gasteiger partial charge in [0.15, 0.2) is 0 Å². The Labute approximate surface area is 177 Å². The summed E-state index contributed by atoms with van der Waals surface area (Å²) < 4.78 is 56.9. The van der Waals surface area contributed by atoms with E-state index in [1.165, 1.54) is 4.31 Å². The molecule has 0 atom stereocenters. The summed E-state index contributed by atoms with van der Waals surface area (Å²) in [5.41, 5.74) is 2.41. The van der Waals surface area contributed by atoms with Crippen molar-refractivity contribution >= 4 is 27.3 Å². The molecule has 1 spiro atoms. The molecule has 3 heterocycles. The van der Waals surface area contributed by atoms with Crippen LogP contribution in [0.4, 0.5) is 14.5 Å². The largest absolute Gasteiger partial charge is 0.372 e. The van der Waals surface area contributed by atoms with Gasteiger partial charge in [0.25, 0.3) is 0 Å². The number of rotatable bonds is 2. The molecule has 30 heavy (non-hydrogen) atoms.